The lowest BCUT2D eigenvalue weighted by Gasteiger charge is -2.37. The third-order valence-corrected chi connectivity index (χ3v) is 6.71. The molecule has 124 valence electrons. The molecule has 1 saturated carbocycles. The van der Waals surface area contributed by atoms with Crippen molar-refractivity contribution in [3.05, 3.63) is 0 Å². The Balaban J connectivity index is 1.93. The van der Waals surface area contributed by atoms with Gasteiger partial charge in [-0.05, 0) is 37.5 Å². The molecule has 2 fully saturated rings. The molecule has 4 nitrogen and oxygen atoms in total. The van der Waals surface area contributed by atoms with Crippen LogP contribution in [0.4, 0.5) is 0 Å². The standard InChI is InChI=1S/C16H31NO3S/c1-12(2)16-13(7-6-10-20-16)11-17-14-8-4-5-9-15(14)21(3,18)19/h12-17H,4-11H2,1-3H3. The highest BCUT2D eigenvalue weighted by atomic mass is 32.2. The van der Waals surface area contributed by atoms with Crippen LogP contribution in [0.5, 0.6) is 0 Å². The monoisotopic (exact) mass is 317 g/mol. The number of sulfone groups is 1. The number of nitrogens with one attached hydrogen (secondary N) is 1. The zero-order valence-corrected chi connectivity index (χ0v) is 14.5. The number of rotatable bonds is 5. The van der Waals surface area contributed by atoms with Gasteiger partial charge in [-0.2, -0.15) is 0 Å². The van der Waals surface area contributed by atoms with Gasteiger partial charge in [0.05, 0.1) is 11.4 Å². The maximum absolute atomic E-state index is 12.0. The largest absolute Gasteiger partial charge is 0.378 e. The third-order valence-electron chi connectivity index (χ3n) is 5.05. The van der Waals surface area contributed by atoms with E-state index >= 15 is 0 Å². The van der Waals surface area contributed by atoms with Gasteiger partial charge in [-0.3, -0.25) is 0 Å². The Labute approximate surface area is 129 Å². The first-order valence-electron chi connectivity index (χ1n) is 8.43. The summed E-state index contributed by atoms with van der Waals surface area (Å²) >= 11 is 0. The van der Waals surface area contributed by atoms with Crippen molar-refractivity contribution in [3.8, 4) is 0 Å². The minimum atomic E-state index is -2.95. The van der Waals surface area contributed by atoms with Gasteiger partial charge in [0, 0.05) is 25.4 Å². The molecule has 2 aliphatic rings. The molecule has 1 heterocycles. The summed E-state index contributed by atoms with van der Waals surface area (Å²) in [6.45, 7) is 6.18. The molecule has 0 aromatic heterocycles. The van der Waals surface area contributed by atoms with Crippen molar-refractivity contribution >= 4 is 9.84 Å². The van der Waals surface area contributed by atoms with Crippen molar-refractivity contribution in [1.29, 1.82) is 0 Å². The van der Waals surface area contributed by atoms with Gasteiger partial charge in [0.25, 0.3) is 0 Å². The van der Waals surface area contributed by atoms with E-state index in [4.69, 9.17) is 4.74 Å². The van der Waals surface area contributed by atoms with Gasteiger partial charge in [-0.15, -0.1) is 0 Å². The molecular formula is C16H31NO3S. The Morgan fingerprint density at radius 3 is 2.52 bits per heavy atom. The highest BCUT2D eigenvalue weighted by Gasteiger charge is 2.34. The lowest BCUT2D eigenvalue weighted by atomic mass is 9.86. The van der Waals surface area contributed by atoms with Crippen LogP contribution >= 0.6 is 0 Å². The van der Waals surface area contributed by atoms with E-state index in [9.17, 15) is 8.42 Å². The van der Waals surface area contributed by atoms with E-state index in [1.807, 2.05) is 0 Å². The zero-order chi connectivity index (χ0) is 15.5. The molecule has 1 aliphatic heterocycles. The summed E-state index contributed by atoms with van der Waals surface area (Å²) in [6, 6.07) is 0.128. The molecule has 0 amide bonds. The highest BCUT2D eigenvalue weighted by Crippen LogP contribution is 2.28. The molecule has 0 aromatic rings. The van der Waals surface area contributed by atoms with E-state index in [1.165, 1.54) is 12.7 Å². The van der Waals surface area contributed by atoms with Crippen molar-refractivity contribution in [2.45, 2.75) is 69.8 Å². The summed E-state index contributed by atoms with van der Waals surface area (Å²) in [4.78, 5) is 0. The normalized spacial score (nSPS) is 35.0. The Hall–Kier alpha value is -0.130. The van der Waals surface area contributed by atoms with Crippen molar-refractivity contribution in [2.24, 2.45) is 11.8 Å². The summed E-state index contributed by atoms with van der Waals surface area (Å²) in [5.41, 5.74) is 0. The van der Waals surface area contributed by atoms with Gasteiger partial charge in [0.2, 0.25) is 0 Å². The van der Waals surface area contributed by atoms with Crippen LogP contribution in [0, 0.1) is 11.8 Å². The Morgan fingerprint density at radius 1 is 1.14 bits per heavy atom. The molecule has 0 bridgehead atoms. The van der Waals surface area contributed by atoms with Gasteiger partial charge >= 0.3 is 0 Å². The van der Waals surface area contributed by atoms with Gasteiger partial charge < -0.3 is 10.1 Å². The Kier molecular flexibility index (Phi) is 6.09. The number of hydrogen-bond acceptors (Lipinski definition) is 4. The second-order valence-electron chi connectivity index (χ2n) is 7.15. The maximum atomic E-state index is 12.0. The lowest BCUT2D eigenvalue weighted by molar-refractivity contribution is -0.0523. The minimum Gasteiger partial charge on any atom is -0.378 e. The first-order chi connectivity index (χ1) is 9.89. The third kappa shape index (κ3) is 4.67. The Morgan fingerprint density at radius 2 is 1.86 bits per heavy atom. The fraction of sp³-hybridized carbons (Fsp3) is 1.00. The molecule has 4 unspecified atom stereocenters. The van der Waals surface area contributed by atoms with Crippen LogP contribution in [0.2, 0.25) is 0 Å². The van der Waals surface area contributed by atoms with Crippen LogP contribution in [0.3, 0.4) is 0 Å². The van der Waals surface area contributed by atoms with Crippen LogP contribution in [-0.4, -0.2) is 45.2 Å². The van der Waals surface area contributed by atoms with Crippen molar-refractivity contribution in [1.82, 2.24) is 5.32 Å². The van der Waals surface area contributed by atoms with E-state index in [0.29, 0.717) is 17.9 Å². The van der Waals surface area contributed by atoms with Crippen LogP contribution in [0.15, 0.2) is 0 Å². The molecule has 1 aliphatic carbocycles. The average Bonchev–Trinajstić information content (AvgIpc) is 2.44. The van der Waals surface area contributed by atoms with Crippen molar-refractivity contribution in [3.63, 3.8) is 0 Å². The van der Waals surface area contributed by atoms with Crippen molar-refractivity contribution in [2.75, 3.05) is 19.4 Å². The van der Waals surface area contributed by atoms with Crippen LogP contribution in [0.25, 0.3) is 0 Å². The molecule has 1 N–H and O–H groups in total. The van der Waals surface area contributed by atoms with Crippen LogP contribution < -0.4 is 5.32 Å². The average molecular weight is 317 g/mol. The highest BCUT2D eigenvalue weighted by molar-refractivity contribution is 7.91. The van der Waals surface area contributed by atoms with E-state index in [0.717, 1.165) is 45.3 Å². The predicted octanol–water partition coefficient (Wildman–Crippen LogP) is 2.38. The van der Waals surface area contributed by atoms with E-state index in [1.54, 1.807) is 0 Å². The first-order valence-corrected chi connectivity index (χ1v) is 10.4. The molecule has 0 spiro atoms. The van der Waals surface area contributed by atoms with Crippen molar-refractivity contribution < 1.29 is 13.2 Å². The predicted molar refractivity (Wildman–Crippen MR) is 86.2 cm³/mol. The van der Waals surface area contributed by atoms with E-state index in [-0.39, 0.29) is 11.3 Å². The topological polar surface area (TPSA) is 55.4 Å². The Bertz CT molecular complexity index is 421. The fourth-order valence-electron chi connectivity index (χ4n) is 3.97. The second kappa shape index (κ2) is 7.42. The van der Waals surface area contributed by atoms with Gasteiger partial charge in [0.1, 0.15) is 0 Å². The van der Waals surface area contributed by atoms with Gasteiger partial charge in [-0.25, -0.2) is 8.42 Å². The van der Waals surface area contributed by atoms with Crippen LogP contribution in [0.1, 0.15) is 52.4 Å². The summed E-state index contributed by atoms with van der Waals surface area (Å²) < 4.78 is 29.8. The SMILES string of the molecule is CC(C)C1OCCCC1CNC1CCCCC1S(C)(=O)=O. The van der Waals surface area contributed by atoms with E-state index in [2.05, 4.69) is 19.2 Å². The van der Waals surface area contributed by atoms with Gasteiger partial charge in [-0.1, -0.05) is 26.7 Å². The molecule has 0 aromatic carbocycles. The molecule has 5 heteroatoms. The molecular weight excluding hydrogens is 286 g/mol. The molecule has 1 saturated heterocycles. The summed E-state index contributed by atoms with van der Waals surface area (Å²) in [7, 11) is -2.95. The second-order valence-corrected chi connectivity index (χ2v) is 9.41. The smallest absolute Gasteiger partial charge is 0.151 e. The molecule has 0 radical (unpaired) electrons. The first kappa shape index (κ1) is 17.2. The summed E-state index contributed by atoms with van der Waals surface area (Å²) in [5.74, 6) is 1.04. The molecule has 21 heavy (non-hydrogen) atoms. The molecule has 4 atom stereocenters. The van der Waals surface area contributed by atoms with E-state index < -0.39 is 9.84 Å². The minimum absolute atomic E-state index is 0.128. The van der Waals surface area contributed by atoms with Crippen LogP contribution in [-0.2, 0) is 14.6 Å². The number of ether oxygens (including phenoxy) is 1. The quantitative estimate of drug-likeness (QED) is 0.846. The van der Waals surface area contributed by atoms with Gasteiger partial charge in [0.15, 0.2) is 9.84 Å². The lowest BCUT2D eigenvalue weighted by Crippen LogP contribution is -2.49. The summed E-state index contributed by atoms with van der Waals surface area (Å²) in [6.07, 6.45) is 7.98. The zero-order valence-electron chi connectivity index (χ0n) is 13.7. The maximum Gasteiger partial charge on any atom is 0.151 e. The summed E-state index contributed by atoms with van der Waals surface area (Å²) in [5, 5.41) is 3.37. The fourth-order valence-corrected chi connectivity index (χ4v) is 5.39. The molecule has 2 rings (SSSR count). The number of hydrogen-bond donors (Lipinski definition) is 1.